The van der Waals surface area contributed by atoms with E-state index in [2.05, 4.69) is 5.32 Å². The minimum absolute atomic E-state index is 0.190. The molecule has 2 N–H and O–H groups in total. The number of ether oxygens (including phenoxy) is 1. The maximum absolute atomic E-state index is 12.2. The van der Waals surface area contributed by atoms with Crippen LogP contribution in [0.5, 0.6) is 0 Å². The zero-order chi connectivity index (χ0) is 16.6. The predicted octanol–water partition coefficient (Wildman–Crippen LogP) is 1.47. The molecule has 0 aliphatic carbocycles. The highest BCUT2D eigenvalue weighted by Crippen LogP contribution is 2.19. The third kappa shape index (κ3) is 6.97. The van der Waals surface area contributed by atoms with Gasteiger partial charge in [-0.05, 0) is 18.8 Å². The van der Waals surface area contributed by atoms with Crippen LogP contribution in [0.4, 0.5) is 4.79 Å². The van der Waals surface area contributed by atoms with Gasteiger partial charge < -0.3 is 20.1 Å². The van der Waals surface area contributed by atoms with Crippen LogP contribution in [0.3, 0.4) is 0 Å². The number of carboxylic acid groups (broad SMARTS) is 1. The van der Waals surface area contributed by atoms with E-state index < -0.39 is 29.4 Å². The van der Waals surface area contributed by atoms with E-state index in [4.69, 9.17) is 4.74 Å². The first kappa shape index (κ1) is 19.2. The molecule has 0 bridgehead atoms. The molecule has 0 aliphatic heterocycles. The van der Waals surface area contributed by atoms with Crippen molar-refractivity contribution in [2.75, 3.05) is 19.7 Å². The van der Waals surface area contributed by atoms with Crippen LogP contribution in [0.2, 0.25) is 0 Å². The zero-order valence-corrected chi connectivity index (χ0v) is 13.4. The van der Waals surface area contributed by atoms with E-state index in [-0.39, 0.29) is 13.2 Å². The second-order valence-electron chi connectivity index (χ2n) is 5.81. The standard InChI is InChI=1S/C14H26N2O5/c1-6-8-16(9-10(17)21-7-2)13(20)15-11(12(18)19)14(3,4)5/h11H,6-9H2,1-5H3,(H,15,20)(H,18,19)/t11-/m1/s1. The van der Waals surface area contributed by atoms with Crippen molar-refractivity contribution in [3.63, 3.8) is 0 Å². The predicted molar refractivity (Wildman–Crippen MR) is 77.9 cm³/mol. The third-order valence-corrected chi connectivity index (χ3v) is 2.79. The van der Waals surface area contributed by atoms with E-state index in [0.717, 1.165) is 0 Å². The lowest BCUT2D eigenvalue weighted by molar-refractivity contribution is -0.143. The first-order chi connectivity index (χ1) is 9.63. The van der Waals surface area contributed by atoms with Crippen LogP contribution < -0.4 is 5.32 Å². The number of carbonyl (C=O) groups excluding carboxylic acids is 2. The van der Waals surface area contributed by atoms with Crippen LogP contribution in [0.25, 0.3) is 0 Å². The fraction of sp³-hybridized carbons (Fsp3) is 0.786. The largest absolute Gasteiger partial charge is 0.480 e. The topological polar surface area (TPSA) is 95.9 Å². The van der Waals surface area contributed by atoms with Crippen molar-refractivity contribution in [2.24, 2.45) is 5.41 Å². The molecular weight excluding hydrogens is 276 g/mol. The Morgan fingerprint density at radius 2 is 1.81 bits per heavy atom. The van der Waals surface area contributed by atoms with Crippen molar-refractivity contribution >= 4 is 18.0 Å². The molecule has 0 aromatic heterocycles. The molecule has 0 fully saturated rings. The minimum Gasteiger partial charge on any atom is -0.480 e. The number of carbonyl (C=O) groups is 3. The number of carboxylic acids is 1. The monoisotopic (exact) mass is 302 g/mol. The SMILES string of the molecule is CCCN(CC(=O)OCC)C(=O)N[C@H](C(=O)O)C(C)(C)C. The van der Waals surface area contributed by atoms with Crippen LogP contribution in [-0.2, 0) is 14.3 Å². The van der Waals surface area contributed by atoms with Crippen LogP contribution >= 0.6 is 0 Å². The number of esters is 1. The Bertz CT molecular complexity index is 376. The number of rotatable bonds is 7. The molecule has 0 aromatic carbocycles. The molecule has 0 heterocycles. The Hall–Kier alpha value is -1.79. The molecule has 21 heavy (non-hydrogen) atoms. The van der Waals surface area contributed by atoms with Crippen molar-refractivity contribution in [3.05, 3.63) is 0 Å². The van der Waals surface area contributed by atoms with Crippen LogP contribution in [0, 0.1) is 5.41 Å². The van der Waals surface area contributed by atoms with Crippen molar-refractivity contribution in [1.29, 1.82) is 0 Å². The van der Waals surface area contributed by atoms with E-state index in [1.807, 2.05) is 6.92 Å². The average molecular weight is 302 g/mol. The van der Waals surface area contributed by atoms with Gasteiger partial charge in [0.15, 0.2) is 0 Å². The van der Waals surface area contributed by atoms with Gasteiger partial charge in [0, 0.05) is 6.54 Å². The highest BCUT2D eigenvalue weighted by atomic mass is 16.5. The maximum Gasteiger partial charge on any atom is 0.326 e. The van der Waals surface area contributed by atoms with Gasteiger partial charge in [-0.25, -0.2) is 9.59 Å². The molecule has 7 nitrogen and oxygen atoms in total. The fourth-order valence-corrected chi connectivity index (χ4v) is 1.75. The van der Waals surface area contributed by atoms with Crippen LogP contribution in [0.15, 0.2) is 0 Å². The summed E-state index contributed by atoms with van der Waals surface area (Å²) in [7, 11) is 0. The Kier molecular flexibility index (Phi) is 7.76. The molecule has 0 aromatic rings. The van der Waals surface area contributed by atoms with E-state index in [9.17, 15) is 19.5 Å². The molecule has 1 atom stereocenters. The number of nitrogens with one attached hydrogen (secondary N) is 1. The highest BCUT2D eigenvalue weighted by Gasteiger charge is 2.34. The second kappa shape index (κ2) is 8.49. The van der Waals surface area contributed by atoms with E-state index >= 15 is 0 Å². The van der Waals surface area contributed by atoms with E-state index in [0.29, 0.717) is 13.0 Å². The summed E-state index contributed by atoms with van der Waals surface area (Å²) in [4.78, 5) is 36.2. The molecule has 0 unspecified atom stereocenters. The summed E-state index contributed by atoms with van der Waals surface area (Å²) in [6, 6.07) is -1.61. The highest BCUT2D eigenvalue weighted by molar-refractivity contribution is 5.85. The second-order valence-corrected chi connectivity index (χ2v) is 5.81. The summed E-state index contributed by atoms with van der Waals surface area (Å²) in [5, 5.41) is 11.7. The van der Waals surface area contributed by atoms with E-state index in [1.54, 1.807) is 27.7 Å². The molecular formula is C14H26N2O5. The molecule has 0 saturated carbocycles. The Balaban J connectivity index is 4.88. The third-order valence-electron chi connectivity index (χ3n) is 2.79. The Morgan fingerprint density at radius 3 is 2.19 bits per heavy atom. The summed E-state index contributed by atoms with van der Waals surface area (Å²) < 4.78 is 4.81. The summed E-state index contributed by atoms with van der Waals surface area (Å²) >= 11 is 0. The zero-order valence-electron chi connectivity index (χ0n) is 13.4. The van der Waals surface area contributed by atoms with Crippen LogP contribution in [0.1, 0.15) is 41.0 Å². The molecule has 0 radical (unpaired) electrons. The molecule has 0 rings (SSSR count). The van der Waals surface area contributed by atoms with Crippen molar-refractivity contribution in [2.45, 2.75) is 47.1 Å². The molecule has 0 saturated heterocycles. The van der Waals surface area contributed by atoms with Gasteiger partial charge in [-0.15, -0.1) is 0 Å². The van der Waals surface area contributed by atoms with Gasteiger partial charge in [0.25, 0.3) is 0 Å². The van der Waals surface area contributed by atoms with Crippen LogP contribution in [-0.4, -0.2) is 53.7 Å². The lowest BCUT2D eigenvalue weighted by Gasteiger charge is -2.30. The summed E-state index contributed by atoms with van der Waals surface area (Å²) in [5.74, 6) is -1.62. The first-order valence-corrected chi connectivity index (χ1v) is 7.07. The quantitative estimate of drug-likeness (QED) is 0.694. The van der Waals surface area contributed by atoms with Gasteiger partial charge in [-0.2, -0.15) is 0 Å². The van der Waals surface area contributed by atoms with Crippen molar-refractivity contribution in [3.8, 4) is 0 Å². The lowest BCUT2D eigenvalue weighted by Crippen LogP contribution is -2.54. The maximum atomic E-state index is 12.2. The lowest BCUT2D eigenvalue weighted by atomic mass is 9.87. The van der Waals surface area contributed by atoms with Gasteiger partial charge in [-0.3, -0.25) is 4.79 Å². The molecule has 7 heteroatoms. The van der Waals surface area contributed by atoms with Gasteiger partial charge in [0.1, 0.15) is 12.6 Å². The molecule has 0 aliphatic rings. The Labute approximate surface area is 125 Å². The van der Waals surface area contributed by atoms with Gasteiger partial charge in [0.2, 0.25) is 0 Å². The summed E-state index contributed by atoms with van der Waals surface area (Å²) in [6.07, 6.45) is 0.653. The Morgan fingerprint density at radius 1 is 1.24 bits per heavy atom. The first-order valence-electron chi connectivity index (χ1n) is 7.07. The van der Waals surface area contributed by atoms with E-state index in [1.165, 1.54) is 4.90 Å². The fourth-order valence-electron chi connectivity index (χ4n) is 1.75. The number of amides is 2. The van der Waals surface area contributed by atoms with Crippen molar-refractivity contribution < 1.29 is 24.2 Å². The molecule has 122 valence electrons. The minimum atomic E-state index is -1.11. The molecule has 2 amide bonds. The average Bonchev–Trinajstić information content (AvgIpc) is 2.33. The van der Waals surface area contributed by atoms with Gasteiger partial charge in [0.05, 0.1) is 6.61 Å². The van der Waals surface area contributed by atoms with Gasteiger partial charge in [-0.1, -0.05) is 27.7 Å². The number of nitrogens with zero attached hydrogens (tertiary/aromatic N) is 1. The number of hydrogen-bond acceptors (Lipinski definition) is 4. The number of urea groups is 1. The number of aliphatic carboxylic acids is 1. The van der Waals surface area contributed by atoms with Crippen molar-refractivity contribution in [1.82, 2.24) is 10.2 Å². The van der Waals surface area contributed by atoms with Gasteiger partial charge >= 0.3 is 18.0 Å². The molecule has 0 spiro atoms. The normalized spacial score (nSPS) is 12.4. The summed E-state index contributed by atoms with van der Waals surface area (Å²) in [5.41, 5.74) is -0.636. The smallest absolute Gasteiger partial charge is 0.326 e. The summed E-state index contributed by atoms with van der Waals surface area (Å²) in [6.45, 7) is 9.11. The number of hydrogen-bond donors (Lipinski definition) is 2.